The molecule has 1 aromatic rings. The fraction of sp³-hybridized carbons (Fsp3) is 0.308. The van der Waals surface area contributed by atoms with E-state index in [4.69, 9.17) is 0 Å². The van der Waals surface area contributed by atoms with E-state index in [1.165, 1.54) is 11.3 Å². The average Bonchev–Trinajstić information content (AvgIpc) is 2.49. The van der Waals surface area contributed by atoms with Crippen LogP contribution in [0.1, 0.15) is 25.0 Å². The Morgan fingerprint density at radius 2 is 2.20 bits per heavy atom. The van der Waals surface area contributed by atoms with Crippen molar-refractivity contribution in [2.75, 3.05) is 5.32 Å². The van der Waals surface area contributed by atoms with Crippen molar-refractivity contribution in [1.29, 1.82) is 0 Å². The van der Waals surface area contributed by atoms with Gasteiger partial charge in [-0.25, -0.2) is 0 Å². The molecule has 2 nitrogen and oxygen atoms in total. The third-order valence-corrected chi connectivity index (χ3v) is 2.75. The molecule has 2 heteroatoms. The van der Waals surface area contributed by atoms with E-state index in [-0.39, 0.29) is 5.54 Å². The maximum absolute atomic E-state index is 3.90. The van der Waals surface area contributed by atoms with Gasteiger partial charge in [0.15, 0.2) is 0 Å². The highest BCUT2D eigenvalue weighted by Gasteiger charge is 2.29. The fourth-order valence-corrected chi connectivity index (χ4v) is 2.08. The van der Waals surface area contributed by atoms with Crippen molar-refractivity contribution in [1.82, 2.24) is 0 Å². The number of hydrogen-bond acceptors (Lipinski definition) is 2. The van der Waals surface area contributed by atoms with E-state index in [0.29, 0.717) is 0 Å². The summed E-state index contributed by atoms with van der Waals surface area (Å²) in [4.78, 5) is 3.90. The van der Waals surface area contributed by atoms with Gasteiger partial charge in [0, 0.05) is 16.8 Å². The Balaban J connectivity index is 2.50. The lowest BCUT2D eigenvalue weighted by Crippen LogP contribution is -2.27. The number of fused-ring (bicyclic) bond motifs is 1. The quantitative estimate of drug-likeness (QED) is 0.729. The van der Waals surface area contributed by atoms with E-state index in [0.717, 1.165) is 17.7 Å². The van der Waals surface area contributed by atoms with Gasteiger partial charge in [0.25, 0.3) is 0 Å². The summed E-state index contributed by atoms with van der Waals surface area (Å²) in [7, 11) is 0. The van der Waals surface area contributed by atoms with Crippen molar-refractivity contribution in [2.45, 2.75) is 25.8 Å². The Kier molecular flexibility index (Phi) is 2.14. The molecule has 2 rings (SSSR count). The lowest BCUT2D eigenvalue weighted by atomic mass is 9.99. The predicted octanol–water partition coefficient (Wildman–Crippen LogP) is 3.10. The summed E-state index contributed by atoms with van der Waals surface area (Å²) in [6, 6.07) is 6.23. The predicted molar refractivity (Wildman–Crippen MR) is 66.4 cm³/mol. The van der Waals surface area contributed by atoms with Crippen molar-refractivity contribution in [3.8, 4) is 0 Å². The molecule has 1 heterocycles. The van der Waals surface area contributed by atoms with Gasteiger partial charge in [0.05, 0.1) is 5.70 Å². The molecule has 1 N–H and O–H groups in total. The Hall–Kier alpha value is -1.57. The van der Waals surface area contributed by atoms with Crippen molar-refractivity contribution in [2.24, 2.45) is 4.99 Å². The molecule has 1 aliphatic heterocycles. The van der Waals surface area contributed by atoms with Crippen LogP contribution in [0.15, 0.2) is 29.8 Å². The first-order valence-electron chi connectivity index (χ1n) is 5.09. The van der Waals surface area contributed by atoms with Crippen molar-refractivity contribution >= 4 is 18.1 Å². The highest BCUT2D eigenvalue weighted by Crippen LogP contribution is 2.37. The zero-order valence-electron chi connectivity index (χ0n) is 9.30. The van der Waals surface area contributed by atoms with Crippen molar-refractivity contribution < 1.29 is 0 Å². The number of benzene rings is 1. The van der Waals surface area contributed by atoms with Gasteiger partial charge in [-0.1, -0.05) is 24.8 Å². The smallest absolute Gasteiger partial charge is 0.0643 e. The summed E-state index contributed by atoms with van der Waals surface area (Å²) in [5, 5.41) is 3.51. The first-order chi connectivity index (χ1) is 7.03. The molecule has 1 aromatic carbocycles. The van der Waals surface area contributed by atoms with Gasteiger partial charge in [-0.3, -0.25) is 4.99 Å². The van der Waals surface area contributed by atoms with Gasteiger partial charge < -0.3 is 5.32 Å². The molecule has 0 aliphatic carbocycles. The van der Waals surface area contributed by atoms with Crippen LogP contribution in [0.2, 0.25) is 0 Å². The Labute approximate surface area is 90.7 Å². The van der Waals surface area contributed by atoms with Crippen LogP contribution in [0.25, 0.3) is 5.70 Å². The van der Waals surface area contributed by atoms with Crippen LogP contribution in [-0.4, -0.2) is 12.3 Å². The number of aliphatic imine (C=N–C) groups is 1. The second-order valence-corrected chi connectivity index (χ2v) is 4.63. The van der Waals surface area contributed by atoms with Gasteiger partial charge in [-0.2, -0.15) is 0 Å². The number of anilines is 1. The monoisotopic (exact) mass is 200 g/mol. The molecule has 0 spiro atoms. The molecule has 78 valence electrons. The minimum atomic E-state index is 0.125. The van der Waals surface area contributed by atoms with Crippen molar-refractivity contribution in [3.63, 3.8) is 0 Å². The van der Waals surface area contributed by atoms with Gasteiger partial charge in [0.1, 0.15) is 0 Å². The third kappa shape index (κ3) is 1.67. The number of hydrogen-bond donors (Lipinski definition) is 1. The lowest BCUT2D eigenvalue weighted by molar-refractivity contribution is 0.594. The minimum absolute atomic E-state index is 0.125. The van der Waals surface area contributed by atoms with Crippen LogP contribution in [0.3, 0.4) is 0 Å². The molecule has 0 amide bonds. The molecule has 0 bridgehead atoms. The van der Waals surface area contributed by atoms with E-state index in [2.05, 4.69) is 43.5 Å². The van der Waals surface area contributed by atoms with Crippen LogP contribution in [-0.2, 0) is 6.42 Å². The number of rotatable bonds is 2. The van der Waals surface area contributed by atoms with Crippen LogP contribution in [0.4, 0.5) is 5.69 Å². The van der Waals surface area contributed by atoms with Gasteiger partial charge in [0.2, 0.25) is 0 Å². The first kappa shape index (κ1) is 9.97. The molecule has 0 atom stereocenters. The SMILES string of the molecule is C=NC(=C)c1cccc2c1NC(C)(C)C2. The van der Waals surface area contributed by atoms with E-state index in [1.54, 1.807) is 0 Å². The number of nitrogens with one attached hydrogen (secondary N) is 1. The maximum atomic E-state index is 3.90. The van der Waals surface area contributed by atoms with E-state index >= 15 is 0 Å². The number of nitrogens with zero attached hydrogens (tertiary/aromatic N) is 1. The van der Waals surface area contributed by atoms with Crippen LogP contribution >= 0.6 is 0 Å². The molecule has 1 aliphatic rings. The molecule has 0 radical (unpaired) electrons. The van der Waals surface area contributed by atoms with Crippen LogP contribution < -0.4 is 5.32 Å². The van der Waals surface area contributed by atoms with E-state index in [9.17, 15) is 0 Å². The molecule has 15 heavy (non-hydrogen) atoms. The Morgan fingerprint density at radius 1 is 1.47 bits per heavy atom. The zero-order valence-corrected chi connectivity index (χ0v) is 9.30. The first-order valence-corrected chi connectivity index (χ1v) is 5.09. The van der Waals surface area contributed by atoms with Gasteiger partial charge in [-0.15, -0.1) is 0 Å². The lowest BCUT2D eigenvalue weighted by Gasteiger charge is -2.19. The summed E-state index contributed by atoms with van der Waals surface area (Å²) >= 11 is 0. The molecule has 0 saturated carbocycles. The summed E-state index contributed by atoms with van der Waals surface area (Å²) in [6.45, 7) is 11.8. The molecule has 0 aromatic heterocycles. The summed E-state index contributed by atoms with van der Waals surface area (Å²) in [5.41, 5.74) is 4.42. The summed E-state index contributed by atoms with van der Waals surface area (Å²) < 4.78 is 0. The Morgan fingerprint density at radius 3 is 2.87 bits per heavy atom. The van der Waals surface area contributed by atoms with E-state index in [1.807, 2.05) is 12.1 Å². The minimum Gasteiger partial charge on any atom is -0.379 e. The standard InChI is InChI=1S/C13H16N2/c1-9(14-4)11-7-5-6-10-8-13(2,3)15-12(10)11/h5-7,15H,1,4,8H2,2-3H3. The third-order valence-electron chi connectivity index (χ3n) is 2.75. The molecule has 0 saturated heterocycles. The van der Waals surface area contributed by atoms with E-state index < -0.39 is 0 Å². The fourth-order valence-electron chi connectivity index (χ4n) is 2.08. The highest BCUT2D eigenvalue weighted by molar-refractivity contribution is 5.80. The normalized spacial score (nSPS) is 16.7. The van der Waals surface area contributed by atoms with Gasteiger partial charge >= 0.3 is 0 Å². The summed E-state index contributed by atoms with van der Waals surface area (Å²) in [5.74, 6) is 0. The maximum Gasteiger partial charge on any atom is 0.0643 e. The van der Waals surface area contributed by atoms with Crippen molar-refractivity contribution in [3.05, 3.63) is 35.9 Å². The zero-order chi connectivity index (χ0) is 11.1. The van der Waals surface area contributed by atoms with Crippen LogP contribution in [0.5, 0.6) is 0 Å². The van der Waals surface area contributed by atoms with Gasteiger partial charge in [-0.05, 0) is 32.5 Å². The summed E-state index contributed by atoms with van der Waals surface area (Å²) in [6.07, 6.45) is 1.04. The topological polar surface area (TPSA) is 24.4 Å². The number of para-hydroxylation sites is 1. The highest BCUT2D eigenvalue weighted by atomic mass is 15.0. The second kappa shape index (κ2) is 3.23. The second-order valence-electron chi connectivity index (χ2n) is 4.63. The molecular formula is C13H16N2. The Bertz CT molecular complexity index is 430. The van der Waals surface area contributed by atoms with Crippen LogP contribution in [0, 0.1) is 0 Å². The molecule has 0 fully saturated rings. The average molecular weight is 200 g/mol. The largest absolute Gasteiger partial charge is 0.379 e. The molecule has 0 unspecified atom stereocenters. The molecular weight excluding hydrogens is 184 g/mol.